The van der Waals surface area contributed by atoms with Gasteiger partial charge >= 0.3 is 6.61 Å². The average Bonchev–Trinajstić information content (AvgIpc) is 3.10. The third-order valence-corrected chi connectivity index (χ3v) is 3.55. The molecule has 9 heteroatoms. The van der Waals surface area contributed by atoms with Gasteiger partial charge in [0.1, 0.15) is 12.1 Å². The monoisotopic (exact) mass is 341 g/mol. The molecular formula is C15H21F2N5O2. The molecule has 7 nitrogen and oxygen atoms in total. The second kappa shape index (κ2) is 9.02. The van der Waals surface area contributed by atoms with Crippen LogP contribution >= 0.6 is 0 Å². The number of nitrogens with zero attached hydrogens (tertiary/aromatic N) is 4. The van der Waals surface area contributed by atoms with Gasteiger partial charge in [0.25, 0.3) is 5.91 Å². The van der Waals surface area contributed by atoms with Crippen molar-refractivity contribution >= 4 is 5.91 Å². The SMILES string of the molecule is O=C(NC1CCCCC1)c1nccc(-n2ccnc2)n1.OC(F)F.[HH]. The first-order valence-corrected chi connectivity index (χ1v) is 7.64. The van der Waals surface area contributed by atoms with Crippen molar-refractivity contribution in [2.75, 3.05) is 0 Å². The number of amides is 1. The van der Waals surface area contributed by atoms with Gasteiger partial charge in [-0.05, 0) is 18.9 Å². The van der Waals surface area contributed by atoms with E-state index in [9.17, 15) is 13.6 Å². The Hall–Kier alpha value is -2.42. The molecule has 2 aromatic heterocycles. The zero-order valence-corrected chi connectivity index (χ0v) is 13.0. The molecule has 2 N–H and O–H groups in total. The first-order chi connectivity index (χ1) is 11.6. The molecule has 0 radical (unpaired) electrons. The second-order valence-corrected chi connectivity index (χ2v) is 5.29. The van der Waals surface area contributed by atoms with Gasteiger partial charge < -0.3 is 10.4 Å². The van der Waals surface area contributed by atoms with Crippen LogP contribution in [0.2, 0.25) is 0 Å². The molecule has 1 amide bonds. The largest absolute Gasteiger partial charge is 0.347 e. The Balaban J connectivity index is 0.000000568. The molecule has 3 rings (SSSR count). The number of carbonyl (C=O) groups excluding carboxylic acids is 1. The molecule has 1 fully saturated rings. The van der Waals surface area contributed by atoms with Crippen molar-refractivity contribution in [1.29, 1.82) is 0 Å². The maximum atomic E-state index is 12.2. The number of carbonyl (C=O) groups is 1. The summed E-state index contributed by atoms with van der Waals surface area (Å²) in [4.78, 5) is 24.5. The lowest BCUT2D eigenvalue weighted by atomic mass is 9.95. The summed E-state index contributed by atoms with van der Waals surface area (Å²) in [5, 5.41) is 9.74. The van der Waals surface area contributed by atoms with Gasteiger partial charge in [0.15, 0.2) is 0 Å². The van der Waals surface area contributed by atoms with Crippen LogP contribution in [-0.4, -0.2) is 43.2 Å². The van der Waals surface area contributed by atoms with Crippen LogP contribution in [0, 0.1) is 0 Å². The van der Waals surface area contributed by atoms with Crippen molar-refractivity contribution in [2.24, 2.45) is 0 Å². The number of aliphatic hydroxyl groups is 1. The average molecular weight is 341 g/mol. The standard InChI is InChI=1S/C14H17N5O.CH2F2O.H2/c20-14(17-11-4-2-1-3-5-11)13-16-7-6-12(18-13)19-9-8-15-10-19;2-1(3)4;/h6-11H,1-5H2,(H,17,20);1,4H;1H. The Morgan fingerprint density at radius 2 is 2.04 bits per heavy atom. The quantitative estimate of drug-likeness (QED) is 0.892. The zero-order valence-electron chi connectivity index (χ0n) is 13.0. The van der Waals surface area contributed by atoms with Gasteiger partial charge in [-0.25, -0.2) is 15.0 Å². The topological polar surface area (TPSA) is 92.9 Å². The normalized spacial score (nSPS) is 14.8. The van der Waals surface area contributed by atoms with E-state index in [1.807, 2.05) is 0 Å². The van der Waals surface area contributed by atoms with E-state index in [1.165, 1.54) is 19.3 Å². The van der Waals surface area contributed by atoms with Crippen molar-refractivity contribution in [1.82, 2.24) is 24.8 Å². The summed E-state index contributed by atoms with van der Waals surface area (Å²) in [5.41, 5.74) is 0. The van der Waals surface area contributed by atoms with E-state index in [4.69, 9.17) is 5.11 Å². The minimum absolute atomic E-state index is 0. The molecule has 1 aliphatic carbocycles. The molecule has 0 bridgehead atoms. The maximum absolute atomic E-state index is 12.2. The van der Waals surface area contributed by atoms with Gasteiger partial charge in [-0.3, -0.25) is 9.36 Å². The van der Waals surface area contributed by atoms with Gasteiger partial charge in [0.2, 0.25) is 5.82 Å². The van der Waals surface area contributed by atoms with Crippen molar-refractivity contribution in [3.8, 4) is 5.82 Å². The highest BCUT2D eigenvalue weighted by Crippen LogP contribution is 2.17. The molecular weight excluding hydrogens is 320 g/mol. The van der Waals surface area contributed by atoms with Crippen LogP contribution < -0.4 is 5.32 Å². The molecule has 1 aliphatic rings. The maximum Gasteiger partial charge on any atom is 0.342 e. The molecule has 0 saturated heterocycles. The van der Waals surface area contributed by atoms with Crippen molar-refractivity contribution in [2.45, 2.75) is 44.8 Å². The lowest BCUT2D eigenvalue weighted by Gasteiger charge is -2.22. The summed E-state index contributed by atoms with van der Waals surface area (Å²) >= 11 is 0. The van der Waals surface area contributed by atoms with E-state index in [-0.39, 0.29) is 19.2 Å². The Morgan fingerprint density at radius 3 is 2.67 bits per heavy atom. The minimum atomic E-state index is -3.17. The highest BCUT2D eigenvalue weighted by Gasteiger charge is 2.18. The summed E-state index contributed by atoms with van der Waals surface area (Å²) in [6.07, 6.45) is 12.4. The number of hydrogen-bond donors (Lipinski definition) is 2. The highest BCUT2D eigenvalue weighted by atomic mass is 19.3. The third kappa shape index (κ3) is 5.65. The summed E-state index contributed by atoms with van der Waals surface area (Å²) < 4.78 is 21.5. The van der Waals surface area contributed by atoms with Crippen LogP contribution in [0.5, 0.6) is 0 Å². The van der Waals surface area contributed by atoms with E-state index >= 15 is 0 Å². The van der Waals surface area contributed by atoms with Crippen molar-refractivity contribution in [3.05, 3.63) is 36.8 Å². The fourth-order valence-corrected chi connectivity index (χ4v) is 2.49. The van der Waals surface area contributed by atoms with Crippen molar-refractivity contribution < 1.29 is 20.1 Å². The van der Waals surface area contributed by atoms with Crippen LogP contribution in [0.25, 0.3) is 5.82 Å². The Bertz CT molecular complexity index is 634. The van der Waals surface area contributed by atoms with E-state index in [1.54, 1.807) is 35.6 Å². The molecule has 0 spiro atoms. The lowest BCUT2D eigenvalue weighted by Crippen LogP contribution is -2.37. The number of halogens is 2. The summed E-state index contributed by atoms with van der Waals surface area (Å²) in [5.74, 6) is 0.659. The van der Waals surface area contributed by atoms with Gasteiger partial charge in [0, 0.05) is 26.1 Å². The van der Waals surface area contributed by atoms with Gasteiger partial charge in [-0.15, -0.1) is 0 Å². The van der Waals surface area contributed by atoms with Crippen LogP contribution in [0.1, 0.15) is 44.1 Å². The van der Waals surface area contributed by atoms with Crippen molar-refractivity contribution in [3.63, 3.8) is 0 Å². The fourth-order valence-electron chi connectivity index (χ4n) is 2.49. The Morgan fingerprint density at radius 1 is 1.33 bits per heavy atom. The van der Waals surface area contributed by atoms with Gasteiger partial charge in [-0.2, -0.15) is 8.78 Å². The number of imidazole rings is 1. The first kappa shape index (κ1) is 17.9. The summed E-state index contributed by atoms with van der Waals surface area (Å²) in [7, 11) is 0. The second-order valence-electron chi connectivity index (χ2n) is 5.29. The molecule has 0 atom stereocenters. The van der Waals surface area contributed by atoms with Crippen LogP contribution in [-0.2, 0) is 0 Å². The van der Waals surface area contributed by atoms with Gasteiger partial charge in [0.05, 0.1) is 0 Å². The smallest absolute Gasteiger partial charge is 0.342 e. The number of rotatable bonds is 3. The number of nitrogens with one attached hydrogen (secondary N) is 1. The fraction of sp³-hybridized carbons (Fsp3) is 0.467. The summed E-state index contributed by atoms with van der Waals surface area (Å²) in [6, 6.07) is 2.01. The predicted octanol–water partition coefficient (Wildman–Crippen LogP) is 2.17. The molecule has 0 unspecified atom stereocenters. The van der Waals surface area contributed by atoms with Gasteiger partial charge in [-0.1, -0.05) is 19.3 Å². The molecule has 2 aromatic rings. The molecule has 1 saturated carbocycles. The third-order valence-electron chi connectivity index (χ3n) is 3.55. The van der Waals surface area contributed by atoms with E-state index < -0.39 is 6.61 Å². The van der Waals surface area contributed by atoms with Crippen LogP contribution in [0.4, 0.5) is 8.78 Å². The number of hydrogen-bond acceptors (Lipinski definition) is 5. The molecule has 0 aliphatic heterocycles. The summed E-state index contributed by atoms with van der Waals surface area (Å²) in [6.45, 7) is -3.17. The molecule has 132 valence electrons. The predicted molar refractivity (Wildman–Crippen MR) is 83.8 cm³/mol. The Labute approximate surface area is 139 Å². The zero-order chi connectivity index (χ0) is 17.4. The minimum Gasteiger partial charge on any atom is -0.347 e. The van der Waals surface area contributed by atoms with E-state index in [2.05, 4.69) is 20.3 Å². The Kier molecular flexibility index (Phi) is 6.74. The van der Waals surface area contributed by atoms with E-state index in [0.29, 0.717) is 5.82 Å². The molecule has 0 aromatic carbocycles. The molecule has 2 heterocycles. The number of aliphatic hydroxyl groups excluding tert-OH is 1. The number of alkyl halides is 2. The lowest BCUT2D eigenvalue weighted by molar-refractivity contribution is -0.0728. The molecule has 24 heavy (non-hydrogen) atoms. The first-order valence-electron chi connectivity index (χ1n) is 7.64. The number of aromatic nitrogens is 4. The van der Waals surface area contributed by atoms with Crippen LogP contribution in [0.15, 0.2) is 31.0 Å². The highest BCUT2D eigenvalue weighted by molar-refractivity contribution is 5.90. The van der Waals surface area contributed by atoms with E-state index in [0.717, 1.165) is 12.8 Å². The van der Waals surface area contributed by atoms with Crippen LogP contribution in [0.3, 0.4) is 0 Å².